The predicted octanol–water partition coefficient (Wildman–Crippen LogP) is 2.31. The number of guanidine groups is 1. The number of rotatable bonds is 6. The van der Waals surface area contributed by atoms with Crippen molar-refractivity contribution in [3.05, 3.63) is 0 Å². The standard InChI is InChI=1S/C16H32N4S/c1-3-17-16(19-14-7-8-15(13-14)21-2)18-9-12-20-10-5-4-6-11-20/h14-15H,3-13H2,1-2H3,(H2,17,18,19). The molecule has 1 aliphatic heterocycles. The molecule has 2 unspecified atom stereocenters. The number of nitrogens with zero attached hydrogens (tertiary/aromatic N) is 2. The fourth-order valence-corrected chi connectivity index (χ4v) is 4.08. The van der Waals surface area contributed by atoms with E-state index in [9.17, 15) is 0 Å². The van der Waals surface area contributed by atoms with Crippen molar-refractivity contribution in [2.45, 2.75) is 56.7 Å². The largest absolute Gasteiger partial charge is 0.357 e. The van der Waals surface area contributed by atoms with Gasteiger partial charge in [0.2, 0.25) is 0 Å². The smallest absolute Gasteiger partial charge is 0.191 e. The first-order valence-corrected chi connectivity index (χ1v) is 9.90. The Hall–Kier alpha value is -0.420. The molecule has 1 heterocycles. The molecule has 0 spiro atoms. The van der Waals surface area contributed by atoms with Crippen molar-refractivity contribution < 1.29 is 0 Å². The molecule has 2 rings (SSSR count). The Balaban J connectivity index is 1.73. The van der Waals surface area contributed by atoms with Crippen LogP contribution in [0.15, 0.2) is 4.99 Å². The van der Waals surface area contributed by atoms with Gasteiger partial charge in [-0.05, 0) is 58.4 Å². The zero-order valence-corrected chi connectivity index (χ0v) is 14.6. The van der Waals surface area contributed by atoms with Gasteiger partial charge < -0.3 is 15.5 Å². The number of hydrogen-bond acceptors (Lipinski definition) is 3. The number of piperidine rings is 1. The van der Waals surface area contributed by atoms with E-state index in [-0.39, 0.29) is 0 Å². The van der Waals surface area contributed by atoms with Gasteiger partial charge in [0.15, 0.2) is 5.96 Å². The lowest BCUT2D eigenvalue weighted by Crippen LogP contribution is -2.43. The van der Waals surface area contributed by atoms with Crippen LogP contribution in [0.5, 0.6) is 0 Å². The van der Waals surface area contributed by atoms with Gasteiger partial charge in [0.25, 0.3) is 0 Å². The summed E-state index contributed by atoms with van der Waals surface area (Å²) in [5, 5.41) is 7.85. The molecule has 21 heavy (non-hydrogen) atoms. The Morgan fingerprint density at radius 3 is 2.71 bits per heavy atom. The van der Waals surface area contributed by atoms with Crippen LogP contribution in [0.3, 0.4) is 0 Å². The average Bonchev–Trinajstić information content (AvgIpc) is 2.96. The van der Waals surface area contributed by atoms with E-state index in [2.05, 4.69) is 28.7 Å². The van der Waals surface area contributed by atoms with Crippen molar-refractivity contribution in [2.24, 2.45) is 4.99 Å². The van der Waals surface area contributed by atoms with E-state index in [1.807, 2.05) is 11.8 Å². The van der Waals surface area contributed by atoms with Crippen LogP contribution in [-0.2, 0) is 0 Å². The lowest BCUT2D eigenvalue weighted by molar-refractivity contribution is 0.235. The highest BCUT2D eigenvalue weighted by atomic mass is 32.2. The fraction of sp³-hybridized carbons (Fsp3) is 0.938. The molecule has 0 aromatic rings. The summed E-state index contributed by atoms with van der Waals surface area (Å²) in [6.07, 6.45) is 10.2. The fourth-order valence-electron chi connectivity index (χ4n) is 3.28. The van der Waals surface area contributed by atoms with Crippen molar-refractivity contribution in [1.82, 2.24) is 15.5 Å². The molecular formula is C16H32N4S. The molecule has 5 heteroatoms. The third-order valence-electron chi connectivity index (χ3n) is 4.54. The van der Waals surface area contributed by atoms with Gasteiger partial charge in [0.05, 0.1) is 6.54 Å². The van der Waals surface area contributed by atoms with Gasteiger partial charge in [-0.3, -0.25) is 4.99 Å². The van der Waals surface area contributed by atoms with Gasteiger partial charge in [0, 0.05) is 24.4 Å². The Morgan fingerprint density at radius 2 is 2.05 bits per heavy atom. The van der Waals surface area contributed by atoms with Crippen molar-refractivity contribution in [3.63, 3.8) is 0 Å². The van der Waals surface area contributed by atoms with Gasteiger partial charge in [-0.15, -0.1) is 0 Å². The van der Waals surface area contributed by atoms with Crippen LogP contribution in [0.2, 0.25) is 0 Å². The van der Waals surface area contributed by atoms with Crippen LogP contribution >= 0.6 is 11.8 Å². The van der Waals surface area contributed by atoms with Crippen LogP contribution in [-0.4, -0.2) is 61.1 Å². The molecule has 122 valence electrons. The van der Waals surface area contributed by atoms with Crippen LogP contribution in [0.1, 0.15) is 45.4 Å². The molecule has 2 fully saturated rings. The van der Waals surface area contributed by atoms with Crippen LogP contribution in [0.25, 0.3) is 0 Å². The molecule has 1 aliphatic carbocycles. The summed E-state index contributed by atoms with van der Waals surface area (Å²) in [6.45, 7) is 7.62. The highest BCUT2D eigenvalue weighted by molar-refractivity contribution is 7.99. The number of aliphatic imine (C=N–C) groups is 1. The maximum atomic E-state index is 4.77. The van der Waals surface area contributed by atoms with E-state index in [1.165, 1.54) is 51.6 Å². The quantitative estimate of drug-likeness (QED) is 0.583. The Morgan fingerprint density at radius 1 is 1.24 bits per heavy atom. The van der Waals surface area contributed by atoms with E-state index in [1.54, 1.807) is 0 Å². The molecule has 2 atom stereocenters. The zero-order valence-electron chi connectivity index (χ0n) is 13.7. The molecule has 2 aliphatic rings. The normalized spacial score (nSPS) is 27.8. The second kappa shape index (κ2) is 9.57. The maximum Gasteiger partial charge on any atom is 0.191 e. The number of likely N-dealkylation sites (tertiary alicyclic amines) is 1. The van der Waals surface area contributed by atoms with E-state index in [0.29, 0.717) is 6.04 Å². The van der Waals surface area contributed by atoms with E-state index >= 15 is 0 Å². The zero-order chi connectivity index (χ0) is 14.9. The summed E-state index contributed by atoms with van der Waals surface area (Å²) in [4.78, 5) is 7.32. The van der Waals surface area contributed by atoms with Crippen molar-refractivity contribution in [2.75, 3.05) is 39.0 Å². The Bertz CT molecular complexity index is 315. The van der Waals surface area contributed by atoms with E-state index < -0.39 is 0 Å². The summed E-state index contributed by atoms with van der Waals surface area (Å²) >= 11 is 2.01. The topological polar surface area (TPSA) is 39.7 Å². The van der Waals surface area contributed by atoms with Gasteiger partial charge >= 0.3 is 0 Å². The molecule has 2 N–H and O–H groups in total. The molecule has 0 radical (unpaired) electrons. The summed E-state index contributed by atoms with van der Waals surface area (Å²) in [6, 6.07) is 0.607. The lowest BCUT2D eigenvalue weighted by Gasteiger charge is -2.25. The second-order valence-corrected chi connectivity index (χ2v) is 7.31. The SMILES string of the molecule is CCNC(=NCCN1CCCCC1)NC1CCC(SC)C1. The number of hydrogen-bond donors (Lipinski definition) is 2. The summed E-state index contributed by atoms with van der Waals surface area (Å²) in [5.74, 6) is 1.02. The number of nitrogens with one attached hydrogen (secondary N) is 2. The minimum atomic E-state index is 0.607. The molecular weight excluding hydrogens is 280 g/mol. The van der Waals surface area contributed by atoms with Gasteiger partial charge in [0.1, 0.15) is 0 Å². The average molecular weight is 313 g/mol. The molecule has 0 amide bonds. The molecule has 0 aromatic carbocycles. The molecule has 1 saturated heterocycles. The van der Waals surface area contributed by atoms with Crippen LogP contribution in [0.4, 0.5) is 0 Å². The van der Waals surface area contributed by atoms with Crippen LogP contribution < -0.4 is 10.6 Å². The lowest BCUT2D eigenvalue weighted by atomic mass is 10.1. The Labute approximate surface area is 134 Å². The predicted molar refractivity (Wildman–Crippen MR) is 94.3 cm³/mol. The first-order chi connectivity index (χ1) is 10.3. The van der Waals surface area contributed by atoms with Gasteiger partial charge in [-0.1, -0.05) is 6.42 Å². The van der Waals surface area contributed by atoms with E-state index in [4.69, 9.17) is 4.99 Å². The first kappa shape index (κ1) is 16.9. The maximum absolute atomic E-state index is 4.77. The summed E-state index contributed by atoms with van der Waals surface area (Å²) < 4.78 is 0. The Kier molecular flexibility index (Phi) is 7.72. The third-order valence-corrected chi connectivity index (χ3v) is 5.63. The molecule has 0 aromatic heterocycles. The number of thioether (sulfide) groups is 1. The summed E-state index contributed by atoms with van der Waals surface area (Å²) in [5.41, 5.74) is 0. The van der Waals surface area contributed by atoms with Crippen molar-refractivity contribution >= 4 is 17.7 Å². The minimum absolute atomic E-state index is 0.607. The first-order valence-electron chi connectivity index (χ1n) is 8.61. The van der Waals surface area contributed by atoms with Crippen molar-refractivity contribution in [1.29, 1.82) is 0 Å². The highest BCUT2D eigenvalue weighted by Crippen LogP contribution is 2.27. The highest BCUT2D eigenvalue weighted by Gasteiger charge is 2.24. The second-order valence-electron chi connectivity index (χ2n) is 6.17. The monoisotopic (exact) mass is 312 g/mol. The minimum Gasteiger partial charge on any atom is -0.357 e. The summed E-state index contributed by atoms with van der Waals surface area (Å²) in [7, 11) is 0. The van der Waals surface area contributed by atoms with E-state index in [0.717, 1.165) is 30.8 Å². The van der Waals surface area contributed by atoms with Crippen LogP contribution in [0, 0.1) is 0 Å². The molecule has 0 bridgehead atoms. The van der Waals surface area contributed by atoms with Gasteiger partial charge in [-0.25, -0.2) is 0 Å². The molecule has 4 nitrogen and oxygen atoms in total. The molecule has 1 saturated carbocycles. The third kappa shape index (κ3) is 6.07. The van der Waals surface area contributed by atoms with Gasteiger partial charge in [-0.2, -0.15) is 11.8 Å². The van der Waals surface area contributed by atoms with Crippen molar-refractivity contribution in [3.8, 4) is 0 Å².